The van der Waals surface area contributed by atoms with Crippen molar-refractivity contribution < 1.29 is 19.1 Å². The molecule has 0 radical (unpaired) electrons. The SMILES string of the molecule is COc1ccc(CO/N=N/OCc2ccc(OC)cc2)cc1. The van der Waals surface area contributed by atoms with Crippen molar-refractivity contribution in [2.75, 3.05) is 14.2 Å². The van der Waals surface area contributed by atoms with Gasteiger partial charge in [-0.05, 0) is 35.4 Å². The van der Waals surface area contributed by atoms with Crippen LogP contribution in [0.5, 0.6) is 11.5 Å². The molecule has 0 aliphatic rings. The zero-order valence-corrected chi connectivity index (χ0v) is 12.6. The highest BCUT2D eigenvalue weighted by atomic mass is 16.7. The summed E-state index contributed by atoms with van der Waals surface area (Å²) in [6, 6.07) is 15.0. The molecular weight excluding hydrogens is 284 g/mol. The molecule has 0 heterocycles. The number of benzene rings is 2. The van der Waals surface area contributed by atoms with E-state index >= 15 is 0 Å². The van der Waals surface area contributed by atoms with E-state index in [0.717, 1.165) is 22.6 Å². The first kappa shape index (κ1) is 15.6. The van der Waals surface area contributed by atoms with Gasteiger partial charge in [0.1, 0.15) is 24.7 Å². The molecule has 22 heavy (non-hydrogen) atoms. The fourth-order valence-corrected chi connectivity index (χ4v) is 1.70. The van der Waals surface area contributed by atoms with Crippen LogP contribution in [0.3, 0.4) is 0 Å². The Kier molecular flexibility index (Phi) is 6.04. The van der Waals surface area contributed by atoms with E-state index in [4.69, 9.17) is 19.1 Å². The van der Waals surface area contributed by atoms with E-state index in [-0.39, 0.29) is 0 Å². The molecule has 0 saturated carbocycles. The Morgan fingerprint density at radius 1 is 0.636 bits per heavy atom. The fourth-order valence-electron chi connectivity index (χ4n) is 1.70. The zero-order valence-electron chi connectivity index (χ0n) is 12.6. The first-order valence-electron chi connectivity index (χ1n) is 6.72. The molecule has 0 atom stereocenters. The van der Waals surface area contributed by atoms with E-state index in [1.165, 1.54) is 0 Å². The lowest BCUT2D eigenvalue weighted by atomic mass is 10.2. The van der Waals surface area contributed by atoms with Gasteiger partial charge in [0.2, 0.25) is 0 Å². The lowest BCUT2D eigenvalue weighted by Gasteiger charge is -2.02. The maximum absolute atomic E-state index is 5.07. The van der Waals surface area contributed by atoms with Gasteiger partial charge in [0, 0.05) is 0 Å². The second-order valence-electron chi connectivity index (χ2n) is 4.41. The van der Waals surface area contributed by atoms with Gasteiger partial charge in [-0.2, -0.15) is 0 Å². The Labute approximate surface area is 129 Å². The molecule has 0 aromatic heterocycles. The minimum absolute atomic E-state index is 0.319. The Morgan fingerprint density at radius 3 is 1.32 bits per heavy atom. The van der Waals surface area contributed by atoms with Crippen LogP contribution in [0.1, 0.15) is 11.1 Å². The summed E-state index contributed by atoms with van der Waals surface area (Å²) in [5, 5.41) is 7.01. The maximum atomic E-state index is 5.07. The normalized spacial score (nSPS) is 10.5. The molecule has 0 N–H and O–H groups in total. The van der Waals surface area contributed by atoms with Crippen molar-refractivity contribution in [3.8, 4) is 11.5 Å². The highest BCUT2D eigenvalue weighted by Crippen LogP contribution is 2.13. The van der Waals surface area contributed by atoms with Crippen LogP contribution in [0, 0.1) is 0 Å². The van der Waals surface area contributed by atoms with Crippen LogP contribution < -0.4 is 9.47 Å². The molecule has 0 aliphatic carbocycles. The molecule has 6 nitrogen and oxygen atoms in total. The number of hydrogen-bond acceptors (Lipinski definition) is 6. The Morgan fingerprint density at radius 2 is 1.00 bits per heavy atom. The van der Waals surface area contributed by atoms with E-state index in [9.17, 15) is 0 Å². The van der Waals surface area contributed by atoms with Gasteiger partial charge in [-0.1, -0.05) is 24.3 Å². The summed E-state index contributed by atoms with van der Waals surface area (Å²) in [5.74, 6) is 1.60. The molecule has 116 valence electrons. The molecule has 6 heteroatoms. The lowest BCUT2D eigenvalue weighted by molar-refractivity contribution is 0.0269. The van der Waals surface area contributed by atoms with Crippen LogP contribution in [-0.4, -0.2) is 14.2 Å². The maximum Gasteiger partial charge on any atom is 0.144 e. The van der Waals surface area contributed by atoms with Crippen molar-refractivity contribution in [1.82, 2.24) is 0 Å². The minimum atomic E-state index is 0.319. The number of nitrogens with zero attached hydrogens (tertiary/aromatic N) is 2. The van der Waals surface area contributed by atoms with Crippen LogP contribution in [0.2, 0.25) is 0 Å². The highest BCUT2D eigenvalue weighted by molar-refractivity contribution is 5.27. The number of hydrogen-bond donors (Lipinski definition) is 0. The van der Waals surface area contributed by atoms with Crippen LogP contribution in [0.25, 0.3) is 0 Å². The van der Waals surface area contributed by atoms with Crippen LogP contribution in [0.15, 0.2) is 59.1 Å². The molecule has 0 saturated heterocycles. The average Bonchev–Trinajstić information content (AvgIpc) is 2.59. The Hall–Kier alpha value is -2.76. The van der Waals surface area contributed by atoms with Crippen LogP contribution >= 0.6 is 0 Å². The van der Waals surface area contributed by atoms with Gasteiger partial charge in [0.15, 0.2) is 0 Å². The van der Waals surface area contributed by atoms with Crippen molar-refractivity contribution >= 4 is 0 Å². The second-order valence-corrected chi connectivity index (χ2v) is 4.41. The first-order valence-corrected chi connectivity index (χ1v) is 6.72. The van der Waals surface area contributed by atoms with E-state index in [0.29, 0.717) is 13.2 Å². The van der Waals surface area contributed by atoms with E-state index in [1.807, 2.05) is 48.5 Å². The third-order valence-corrected chi connectivity index (χ3v) is 2.93. The predicted octanol–water partition coefficient (Wildman–Crippen LogP) is 3.72. The molecule has 2 aromatic carbocycles. The van der Waals surface area contributed by atoms with Crippen molar-refractivity contribution in [2.24, 2.45) is 10.6 Å². The monoisotopic (exact) mass is 302 g/mol. The fraction of sp³-hybridized carbons (Fsp3) is 0.250. The molecule has 2 rings (SSSR count). The lowest BCUT2D eigenvalue weighted by Crippen LogP contribution is -1.89. The van der Waals surface area contributed by atoms with Gasteiger partial charge in [-0.3, -0.25) is 0 Å². The summed E-state index contributed by atoms with van der Waals surface area (Å²) in [5.41, 5.74) is 1.94. The largest absolute Gasteiger partial charge is 0.497 e. The van der Waals surface area contributed by atoms with Crippen molar-refractivity contribution in [3.05, 3.63) is 59.7 Å². The summed E-state index contributed by atoms with van der Waals surface area (Å²) < 4.78 is 10.1. The van der Waals surface area contributed by atoms with Gasteiger partial charge < -0.3 is 19.1 Å². The molecule has 0 bridgehead atoms. The van der Waals surface area contributed by atoms with Crippen molar-refractivity contribution in [1.29, 1.82) is 0 Å². The van der Waals surface area contributed by atoms with Crippen molar-refractivity contribution in [2.45, 2.75) is 13.2 Å². The van der Waals surface area contributed by atoms with Crippen molar-refractivity contribution in [3.63, 3.8) is 0 Å². The number of methoxy groups -OCH3 is 2. The summed E-state index contributed by atoms with van der Waals surface area (Å²) in [4.78, 5) is 10.1. The molecule has 2 aromatic rings. The summed E-state index contributed by atoms with van der Waals surface area (Å²) in [6.07, 6.45) is 0. The zero-order chi connectivity index (χ0) is 15.6. The van der Waals surface area contributed by atoms with Gasteiger partial charge in [0.25, 0.3) is 0 Å². The smallest absolute Gasteiger partial charge is 0.144 e. The van der Waals surface area contributed by atoms with Gasteiger partial charge >= 0.3 is 0 Å². The van der Waals surface area contributed by atoms with Gasteiger partial charge in [-0.25, -0.2) is 0 Å². The quantitative estimate of drug-likeness (QED) is 0.551. The third-order valence-electron chi connectivity index (χ3n) is 2.93. The van der Waals surface area contributed by atoms with Crippen LogP contribution in [-0.2, 0) is 22.9 Å². The minimum Gasteiger partial charge on any atom is -0.497 e. The standard InChI is InChI=1S/C16H18N2O4/c1-19-15-7-3-13(4-8-15)11-21-17-18-22-12-14-5-9-16(20-2)10-6-14/h3-10H,11-12H2,1-2H3/b18-17+. The predicted molar refractivity (Wildman–Crippen MR) is 80.4 cm³/mol. The molecule has 0 amide bonds. The van der Waals surface area contributed by atoms with E-state index < -0.39 is 0 Å². The topological polar surface area (TPSA) is 61.6 Å². The molecule has 0 fully saturated rings. The molecule has 0 unspecified atom stereocenters. The summed E-state index contributed by atoms with van der Waals surface area (Å²) in [6.45, 7) is 0.638. The Bertz CT molecular complexity index is 529. The Balaban J connectivity index is 1.66. The first-order chi connectivity index (χ1) is 10.8. The number of rotatable bonds is 8. The van der Waals surface area contributed by atoms with Gasteiger partial charge in [-0.15, -0.1) is 0 Å². The van der Waals surface area contributed by atoms with Gasteiger partial charge in [0.05, 0.1) is 24.8 Å². The average molecular weight is 302 g/mol. The molecule has 0 aliphatic heterocycles. The summed E-state index contributed by atoms with van der Waals surface area (Å²) in [7, 11) is 3.25. The highest BCUT2D eigenvalue weighted by Gasteiger charge is 1.96. The summed E-state index contributed by atoms with van der Waals surface area (Å²) >= 11 is 0. The van der Waals surface area contributed by atoms with Crippen LogP contribution in [0.4, 0.5) is 0 Å². The van der Waals surface area contributed by atoms with E-state index in [2.05, 4.69) is 10.6 Å². The third kappa shape index (κ3) is 4.97. The molecule has 0 spiro atoms. The number of ether oxygens (including phenoxy) is 2. The van der Waals surface area contributed by atoms with E-state index in [1.54, 1.807) is 14.2 Å². The molecular formula is C16H18N2O4. The second kappa shape index (κ2) is 8.51.